The minimum atomic E-state index is 0.0303. The zero-order valence-electron chi connectivity index (χ0n) is 9.57. The van der Waals surface area contributed by atoms with E-state index in [0.717, 1.165) is 13.1 Å². The van der Waals surface area contributed by atoms with Crippen LogP contribution in [0.1, 0.15) is 52.4 Å². The Morgan fingerprint density at radius 1 is 0.929 bits per heavy atom. The maximum atomic E-state index is 6.32. The van der Waals surface area contributed by atoms with E-state index in [-0.39, 0.29) is 11.2 Å². The summed E-state index contributed by atoms with van der Waals surface area (Å²) in [6.07, 6.45) is 7.99. The van der Waals surface area contributed by atoms with Crippen LogP contribution in [0.25, 0.3) is 0 Å². The lowest BCUT2D eigenvalue weighted by Crippen LogP contribution is -2.57. The Bertz CT molecular complexity index is 192. The highest BCUT2D eigenvalue weighted by atomic mass is 16.5. The molecule has 0 aromatic heterocycles. The van der Waals surface area contributed by atoms with Gasteiger partial charge in [-0.3, -0.25) is 0 Å². The van der Waals surface area contributed by atoms with Crippen molar-refractivity contribution in [2.75, 3.05) is 13.1 Å². The Kier molecular flexibility index (Phi) is 2.85. The van der Waals surface area contributed by atoms with Crippen molar-refractivity contribution in [2.24, 2.45) is 0 Å². The zero-order chi connectivity index (χ0) is 10.1. The molecular weight excluding hydrogens is 174 g/mol. The predicted molar refractivity (Wildman–Crippen MR) is 58.5 cm³/mol. The largest absolute Gasteiger partial charge is 0.366 e. The average molecular weight is 197 g/mol. The van der Waals surface area contributed by atoms with E-state index in [2.05, 4.69) is 19.2 Å². The van der Waals surface area contributed by atoms with Crippen LogP contribution in [0.2, 0.25) is 0 Å². The molecule has 2 heteroatoms. The second kappa shape index (κ2) is 3.82. The van der Waals surface area contributed by atoms with E-state index in [1.165, 1.54) is 38.5 Å². The van der Waals surface area contributed by atoms with Gasteiger partial charge in [0.25, 0.3) is 0 Å². The van der Waals surface area contributed by atoms with E-state index in [9.17, 15) is 0 Å². The molecule has 0 aromatic carbocycles. The quantitative estimate of drug-likeness (QED) is 0.644. The van der Waals surface area contributed by atoms with Crippen molar-refractivity contribution in [2.45, 2.75) is 63.6 Å². The normalized spacial score (nSPS) is 31.3. The van der Waals surface area contributed by atoms with Crippen LogP contribution in [-0.2, 0) is 4.74 Å². The van der Waals surface area contributed by atoms with Crippen LogP contribution in [0, 0.1) is 0 Å². The molecule has 0 aromatic rings. The van der Waals surface area contributed by atoms with Gasteiger partial charge in [-0.1, -0.05) is 25.7 Å². The minimum absolute atomic E-state index is 0.0303. The predicted octanol–water partition coefficient (Wildman–Crippen LogP) is 2.48. The fraction of sp³-hybridized carbons (Fsp3) is 1.00. The highest BCUT2D eigenvalue weighted by Crippen LogP contribution is 2.35. The molecule has 1 aliphatic carbocycles. The zero-order valence-corrected chi connectivity index (χ0v) is 9.57. The van der Waals surface area contributed by atoms with E-state index in [1.807, 2.05) is 0 Å². The Labute approximate surface area is 87.4 Å². The van der Waals surface area contributed by atoms with Crippen LogP contribution in [0.3, 0.4) is 0 Å². The summed E-state index contributed by atoms with van der Waals surface area (Å²) in [5.41, 5.74) is 0.195. The molecule has 1 N–H and O–H groups in total. The first-order valence-corrected chi connectivity index (χ1v) is 6.03. The van der Waals surface area contributed by atoms with Gasteiger partial charge >= 0.3 is 0 Å². The Hall–Kier alpha value is -0.0800. The van der Waals surface area contributed by atoms with Gasteiger partial charge in [-0.2, -0.15) is 0 Å². The molecule has 14 heavy (non-hydrogen) atoms. The first-order valence-electron chi connectivity index (χ1n) is 6.03. The molecule has 2 fully saturated rings. The van der Waals surface area contributed by atoms with Crippen LogP contribution < -0.4 is 5.32 Å². The number of rotatable bonds is 0. The smallest absolute Gasteiger partial charge is 0.0814 e. The minimum Gasteiger partial charge on any atom is -0.366 e. The molecule has 0 bridgehead atoms. The fourth-order valence-corrected chi connectivity index (χ4v) is 2.90. The highest BCUT2D eigenvalue weighted by molar-refractivity contribution is 4.93. The highest BCUT2D eigenvalue weighted by Gasteiger charge is 2.40. The third kappa shape index (κ3) is 2.29. The molecule has 0 atom stereocenters. The number of hydrogen-bond donors (Lipinski definition) is 1. The summed E-state index contributed by atoms with van der Waals surface area (Å²) in [7, 11) is 0. The van der Waals surface area contributed by atoms with Crippen molar-refractivity contribution in [1.82, 2.24) is 5.32 Å². The average Bonchev–Trinajstić information content (AvgIpc) is 2.29. The monoisotopic (exact) mass is 197 g/mol. The topological polar surface area (TPSA) is 21.3 Å². The maximum absolute atomic E-state index is 6.32. The van der Waals surface area contributed by atoms with E-state index in [4.69, 9.17) is 4.74 Å². The summed E-state index contributed by atoms with van der Waals surface area (Å²) >= 11 is 0. The summed E-state index contributed by atoms with van der Waals surface area (Å²) in [4.78, 5) is 0. The van der Waals surface area contributed by atoms with Gasteiger partial charge in [0, 0.05) is 13.1 Å². The van der Waals surface area contributed by atoms with Gasteiger partial charge in [0.2, 0.25) is 0 Å². The lowest BCUT2D eigenvalue weighted by Gasteiger charge is -2.45. The third-order valence-corrected chi connectivity index (χ3v) is 3.51. The van der Waals surface area contributed by atoms with Gasteiger partial charge in [-0.05, 0) is 26.7 Å². The number of hydrogen-bond acceptors (Lipinski definition) is 2. The molecule has 2 aliphatic rings. The fourth-order valence-electron chi connectivity index (χ4n) is 2.90. The maximum Gasteiger partial charge on any atom is 0.0814 e. The molecule has 82 valence electrons. The molecule has 2 nitrogen and oxygen atoms in total. The van der Waals surface area contributed by atoms with Gasteiger partial charge in [0.1, 0.15) is 0 Å². The first-order chi connectivity index (χ1) is 6.62. The molecule has 2 rings (SSSR count). The van der Waals surface area contributed by atoms with E-state index in [1.54, 1.807) is 0 Å². The molecule has 1 heterocycles. The molecule has 0 radical (unpaired) electrons. The summed E-state index contributed by atoms with van der Waals surface area (Å²) < 4.78 is 6.32. The van der Waals surface area contributed by atoms with Crippen LogP contribution >= 0.6 is 0 Å². The van der Waals surface area contributed by atoms with E-state index < -0.39 is 0 Å². The second-order valence-corrected chi connectivity index (χ2v) is 5.56. The first kappa shape index (κ1) is 10.4. The molecule has 1 saturated heterocycles. The molecule has 1 saturated carbocycles. The van der Waals surface area contributed by atoms with Crippen LogP contribution in [0.4, 0.5) is 0 Å². The van der Waals surface area contributed by atoms with Crippen LogP contribution in [-0.4, -0.2) is 24.3 Å². The summed E-state index contributed by atoms with van der Waals surface area (Å²) in [5, 5.41) is 3.54. The van der Waals surface area contributed by atoms with Crippen molar-refractivity contribution in [3.63, 3.8) is 0 Å². The van der Waals surface area contributed by atoms with E-state index in [0.29, 0.717) is 0 Å². The SMILES string of the molecule is CC1(C)CNCC2(CCCCCC2)O1. The summed E-state index contributed by atoms with van der Waals surface area (Å²) in [5.74, 6) is 0. The third-order valence-electron chi connectivity index (χ3n) is 3.51. The van der Waals surface area contributed by atoms with E-state index >= 15 is 0 Å². The molecule has 1 aliphatic heterocycles. The molecule has 0 amide bonds. The van der Waals surface area contributed by atoms with Gasteiger partial charge in [-0.15, -0.1) is 0 Å². The molecular formula is C12H23NO. The Morgan fingerprint density at radius 3 is 2.14 bits per heavy atom. The van der Waals surface area contributed by atoms with Gasteiger partial charge < -0.3 is 10.1 Å². The van der Waals surface area contributed by atoms with Gasteiger partial charge in [0.05, 0.1) is 11.2 Å². The van der Waals surface area contributed by atoms with Crippen LogP contribution in [0.15, 0.2) is 0 Å². The number of morpholine rings is 1. The van der Waals surface area contributed by atoms with Gasteiger partial charge in [-0.25, -0.2) is 0 Å². The van der Waals surface area contributed by atoms with Crippen molar-refractivity contribution in [3.05, 3.63) is 0 Å². The van der Waals surface area contributed by atoms with Gasteiger partial charge in [0.15, 0.2) is 0 Å². The number of nitrogens with one attached hydrogen (secondary N) is 1. The lowest BCUT2D eigenvalue weighted by atomic mass is 9.90. The lowest BCUT2D eigenvalue weighted by molar-refractivity contribution is -0.167. The van der Waals surface area contributed by atoms with Crippen LogP contribution in [0.5, 0.6) is 0 Å². The van der Waals surface area contributed by atoms with Crippen molar-refractivity contribution in [1.29, 1.82) is 0 Å². The number of ether oxygens (including phenoxy) is 1. The standard InChI is InChI=1S/C12H23NO/c1-11(2)9-13-10-12(14-11)7-5-3-4-6-8-12/h13H,3-10H2,1-2H3. The summed E-state index contributed by atoms with van der Waals surface area (Å²) in [6, 6.07) is 0. The Balaban J connectivity index is 2.05. The second-order valence-electron chi connectivity index (χ2n) is 5.56. The van der Waals surface area contributed by atoms with Crippen molar-refractivity contribution >= 4 is 0 Å². The van der Waals surface area contributed by atoms with Crippen molar-refractivity contribution < 1.29 is 4.74 Å². The molecule has 1 spiro atoms. The Morgan fingerprint density at radius 2 is 1.57 bits per heavy atom. The summed E-state index contributed by atoms with van der Waals surface area (Å²) in [6.45, 7) is 6.46. The van der Waals surface area contributed by atoms with Crippen molar-refractivity contribution in [3.8, 4) is 0 Å². The molecule has 0 unspecified atom stereocenters.